The Kier molecular flexibility index (Phi) is 4.15. The predicted molar refractivity (Wildman–Crippen MR) is 71.3 cm³/mol. The summed E-state index contributed by atoms with van der Waals surface area (Å²) in [4.78, 5) is 13.9. The highest BCUT2D eigenvalue weighted by Gasteiger charge is 2.43. The van der Waals surface area contributed by atoms with Crippen molar-refractivity contribution in [1.82, 2.24) is 10.2 Å². The maximum atomic E-state index is 12.1. The number of nitrogens with zero attached hydrogens (tertiary/aromatic N) is 1. The van der Waals surface area contributed by atoms with E-state index in [9.17, 15) is 9.90 Å². The fourth-order valence-corrected chi connectivity index (χ4v) is 3.15. The van der Waals surface area contributed by atoms with E-state index in [-0.39, 0.29) is 18.7 Å². The molecule has 2 rings (SSSR count). The first kappa shape index (κ1) is 13.7. The van der Waals surface area contributed by atoms with Crippen molar-refractivity contribution in [3.63, 3.8) is 0 Å². The number of hydrogen-bond acceptors (Lipinski definition) is 2. The summed E-state index contributed by atoms with van der Waals surface area (Å²) in [5, 5.41) is 12.3. The van der Waals surface area contributed by atoms with Crippen LogP contribution in [0.1, 0.15) is 46.0 Å². The van der Waals surface area contributed by atoms with Crippen molar-refractivity contribution in [1.29, 1.82) is 0 Å². The summed E-state index contributed by atoms with van der Waals surface area (Å²) in [5.74, 6) is 0.696. The number of likely N-dealkylation sites (tertiary alicyclic amines) is 1. The molecular formula is C14H26N2O2. The molecule has 4 heteroatoms. The van der Waals surface area contributed by atoms with E-state index >= 15 is 0 Å². The highest BCUT2D eigenvalue weighted by Crippen LogP contribution is 2.50. The SMILES string of the molecule is CC(C)CC1(CNC(=O)N2CCC[C@@H]2CO)CC1. The molecule has 1 aliphatic heterocycles. The van der Waals surface area contributed by atoms with Crippen LogP contribution in [0.4, 0.5) is 4.79 Å². The molecule has 0 bridgehead atoms. The van der Waals surface area contributed by atoms with Gasteiger partial charge in [0.2, 0.25) is 0 Å². The Morgan fingerprint density at radius 1 is 1.50 bits per heavy atom. The molecule has 0 radical (unpaired) electrons. The molecule has 1 heterocycles. The zero-order chi connectivity index (χ0) is 13.2. The Morgan fingerprint density at radius 2 is 2.22 bits per heavy atom. The summed E-state index contributed by atoms with van der Waals surface area (Å²) < 4.78 is 0. The summed E-state index contributed by atoms with van der Waals surface area (Å²) in [5.41, 5.74) is 0.373. The first-order valence-electron chi connectivity index (χ1n) is 7.22. The Hall–Kier alpha value is -0.770. The molecule has 0 unspecified atom stereocenters. The van der Waals surface area contributed by atoms with Crippen LogP contribution in [0.5, 0.6) is 0 Å². The van der Waals surface area contributed by atoms with Crippen LogP contribution in [0.2, 0.25) is 0 Å². The van der Waals surface area contributed by atoms with E-state index in [1.807, 2.05) is 0 Å². The largest absolute Gasteiger partial charge is 0.394 e. The number of aliphatic hydroxyl groups is 1. The van der Waals surface area contributed by atoms with Crippen molar-refractivity contribution < 1.29 is 9.90 Å². The minimum absolute atomic E-state index is 0.0154. The second-order valence-corrected chi connectivity index (χ2v) is 6.43. The van der Waals surface area contributed by atoms with Crippen LogP contribution in [0.25, 0.3) is 0 Å². The zero-order valence-electron chi connectivity index (χ0n) is 11.6. The number of carbonyl (C=O) groups excluding carboxylic acids is 1. The maximum absolute atomic E-state index is 12.1. The van der Waals surface area contributed by atoms with Gasteiger partial charge in [0.15, 0.2) is 0 Å². The Morgan fingerprint density at radius 3 is 2.78 bits per heavy atom. The Labute approximate surface area is 110 Å². The standard InChI is InChI=1S/C14H26N2O2/c1-11(2)8-14(5-6-14)10-15-13(18)16-7-3-4-12(16)9-17/h11-12,17H,3-10H2,1-2H3,(H,15,18)/t12-/m1/s1. The lowest BCUT2D eigenvalue weighted by Gasteiger charge is -2.25. The van der Waals surface area contributed by atoms with E-state index in [1.165, 1.54) is 19.3 Å². The molecular weight excluding hydrogens is 228 g/mol. The number of amides is 2. The molecule has 0 spiro atoms. The van der Waals surface area contributed by atoms with Crippen molar-refractivity contribution in [2.24, 2.45) is 11.3 Å². The first-order chi connectivity index (χ1) is 8.56. The lowest BCUT2D eigenvalue weighted by molar-refractivity contribution is 0.155. The molecule has 2 fully saturated rings. The molecule has 2 N–H and O–H groups in total. The van der Waals surface area contributed by atoms with Crippen molar-refractivity contribution in [3.05, 3.63) is 0 Å². The molecule has 0 aromatic carbocycles. The molecule has 1 aliphatic carbocycles. The van der Waals surface area contributed by atoms with E-state index in [4.69, 9.17) is 0 Å². The van der Waals surface area contributed by atoms with Gasteiger partial charge in [0.05, 0.1) is 12.6 Å². The number of carbonyl (C=O) groups is 1. The summed E-state index contributed by atoms with van der Waals surface area (Å²) in [7, 11) is 0. The Balaban J connectivity index is 1.78. The maximum Gasteiger partial charge on any atom is 0.317 e. The van der Waals surface area contributed by atoms with Gasteiger partial charge in [0, 0.05) is 13.1 Å². The lowest BCUT2D eigenvalue weighted by atomic mass is 9.94. The second-order valence-electron chi connectivity index (χ2n) is 6.43. The van der Waals surface area contributed by atoms with Gasteiger partial charge in [-0.1, -0.05) is 13.8 Å². The van der Waals surface area contributed by atoms with Crippen LogP contribution in [-0.4, -0.2) is 41.8 Å². The summed E-state index contributed by atoms with van der Waals surface area (Å²) in [6, 6.07) is 0.0480. The predicted octanol–water partition coefficient (Wildman–Crippen LogP) is 1.98. The topological polar surface area (TPSA) is 52.6 Å². The average molecular weight is 254 g/mol. The smallest absolute Gasteiger partial charge is 0.317 e. The van der Waals surface area contributed by atoms with Crippen molar-refractivity contribution in [3.8, 4) is 0 Å². The van der Waals surface area contributed by atoms with Gasteiger partial charge >= 0.3 is 6.03 Å². The molecule has 4 nitrogen and oxygen atoms in total. The fourth-order valence-electron chi connectivity index (χ4n) is 3.15. The van der Waals surface area contributed by atoms with Gasteiger partial charge in [-0.05, 0) is 43.4 Å². The molecule has 0 aromatic rings. The van der Waals surface area contributed by atoms with Crippen LogP contribution in [-0.2, 0) is 0 Å². The lowest BCUT2D eigenvalue weighted by Crippen LogP contribution is -2.45. The highest BCUT2D eigenvalue weighted by atomic mass is 16.3. The van der Waals surface area contributed by atoms with E-state index in [2.05, 4.69) is 19.2 Å². The average Bonchev–Trinajstić information content (AvgIpc) is 2.92. The molecule has 1 atom stereocenters. The number of nitrogens with one attached hydrogen (secondary N) is 1. The molecule has 104 valence electrons. The van der Waals surface area contributed by atoms with E-state index in [0.717, 1.165) is 25.9 Å². The molecule has 2 aliphatic rings. The minimum atomic E-state index is 0.0154. The molecule has 0 aromatic heterocycles. The highest BCUT2D eigenvalue weighted by molar-refractivity contribution is 5.75. The van der Waals surface area contributed by atoms with Gasteiger partial charge in [0.25, 0.3) is 0 Å². The van der Waals surface area contributed by atoms with Crippen LogP contribution < -0.4 is 5.32 Å². The first-order valence-corrected chi connectivity index (χ1v) is 7.22. The molecule has 18 heavy (non-hydrogen) atoms. The second kappa shape index (κ2) is 5.47. The van der Waals surface area contributed by atoms with E-state index in [1.54, 1.807) is 4.90 Å². The van der Waals surface area contributed by atoms with Crippen LogP contribution in [0.3, 0.4) is 0 Å². The van der Waals surface area contributed by atoms with Crippen molar-refractivity contribution in [2.75, 3.05) is 19.7 Å². The molecule has 1 saturated heterocycles. The molecule has 2 amide bonds. The monoisotopic (exact) mass is 254 g/mol. The van der Waals surface area contributed by atoms with Gasteiger partial charge in [-0.15, -0.1) is 0 Å². The van der Waals surface area contributed by atoms with Gasteiger partial charge in [-0.3, -0.25) is 0 Å². The van der Waals surface area contributed by atoms with Crippen molar-refractivity contribution in [2.45, 2.75) is 52.0 Å². The van der Waals surface area contributed by atoms with Crippen molar-refractivity contribution >= 4 is 6.03 Å². The normalized spacial score (nSPS) is 25.6. The van der Waals surface area contributed by atoms with Crippen LogP contribution >= 0.6 is 0 Å². The third-order valence-electron chi connectivity index (χ3n) is 4.26. The van der Waals surface area contributed by atoms with E-state index in [0.29, 0.717) is 11.3 Å². The number of hydrogen-bond donors (Lipinski definition) is 2. The van der Waals surface area contributed by atoms with Crippen LogP contribution in [0.15, 0.2) is 0 Å². The number of aliphatic hydroxyl groups excluding tert-OH is 1. The fraction of sp³-hybridized carbons (Fsp3) is 0.929. The van der Waals surface area contributed by atoms with Gasteiger partial charge in [-0.25, -0.2) is 4.79 Å². The van der Waals surface area contributed by atoms with Gasteiger partial charge in [0.1, 0.15) is 0 Å². The minimum Gasteiger partial charge on any atom is -0.394 e. The summed E-state index contributed by atoms with van der Waals surface area (Å²) in [6.07, 6.45) is 5.64. The third-order valence-corrected chi connectivity index (χ3v) is 4.26. The quantitative estimate of drug-likeness (QED) is 0.788. The third kappa shape index (κ3) is 3.16. The zero-order valence-corrected chi connectivity index (χ0v) is 11.6. The van der Waals surface area contributed by atoms with Crippen LogP contribution in [0, 0.1) is 11.3 Å². The molecule has 1 saturated carbocycles. The van der Waals surface area contributed by atoms with E-state index < -0.39 is 0 Å². The number of urea groups is 1. The summed E-state index contributed by atoms with van der Waals surface area (Å²) in [6.45, 7) is 6.16. The van der Waals surface area contributed by atoms with Gasteiger partial charge < -0.3 is 15.3 Å². The van der Waals surface area contributed by atoms with Gasteiger partial charge in [-0.2, -0.15) is 0 Å². The number of rotatable bonds is 5. The summed E-state index contributed by atoms with van der Waals surface area (Å²) >= 11 is 0. The Bertz CT molecular complexity index is 300.